The maximum absolute atomic E-state index is 6.12. The summed E-state index contributed by atoms with van der Waals surface area (Å²) >= 11 is 13.0. The Morgan fingerprint density at radius 3 is 2.78 bits per heavy atom. The maximum atomic E-state index is 6.12. The largest absolute Gasteiger partial charge is 0.397 e. The summed E-state index contributed by atoms with van der Waals surface area (Å²) in [7, 11) is 0. The highest BCUT2D eigenvalue weighted by molar-refractivity contribution is 9.11. The normalized spacial score (nSPS) is 10.4. The minimum atomic E-state index is 0.626. The van der Waals surface area contributed by atoms with Crippen LogP contribution < -0.4 is 11.1 Å². The smallest absolute Gasteiger partial charge is 0.145 e. The lowest BCUT2D eigenvalue weighted by molar-refractivity contribution is 1.25. The van der Waals surface area contributed by atoms with E-state index >= 15 is 0 Å². The van der Waals surface area contributed by atoms with E-state index in [1.54, 1.807) is 6.20 Å². The zero-order valence-corrected chi connectivity index (χ0v) is 13.4. The highest BCUT2D eigenvalue weighted by Crippen LogP contribution is 2.33. The minimum Gasteiger partial charge on any atom is -0.397 e. The maximum Gasteiger partial charge on any atom is 0.145 e. The van der Waals surface area contributed by atoms with Gasteiger partial charge in [-0.1, -0.05) is 27.5 Å². The number of nitrogen functional groups attached to an aromatic ring is 1. The van der Waals surface area contributed by atoms with Crippen LogP contribution in [-0.4, -0.2) is 4.98 Å². The predicted octanol–water partition coefficient (Wildman–Crippen LogP) is 4.89. The molecule has 0 radical (unpaired) electrons. The molecule has 0 aliphatic heterocycles. The number of anilines is 3. The van der Waals surface area contributed by atoms with Crippen molar-refractivity contribution in [2.45, 2.75) is 6.92 Å². The summed E-state index contributed by atoms with van der Waals surface area (Å²) in [6.45, 7) is 1.93. The monoisotopic (exact) mass is 389 g/mol. The van der Waals surface area contributed by atoms with E-state index in [9.17, 15) is 0 Å². The van der Waals surface area contributed by atoms with Gasteiger partial charge in [0.15, 0.2) is 0 Å². The molecule has 0 atom stereocenters. The van der Waals surface area contributed by atoms with Crippen molar-refractivity contribution < 1.29 is 0 Å². The molecule has 0 aliphatic carbocycles. The van der Waals surface area contributed by atoms with Gasteiger partial charge in [-0.2, -0.15) is 0 Å². The Morgan fingerprint density at radius 2 is 2.06 bits per heavy atom. The summed E-state index contributed by atoms with van der Waals surface area (Å²) in [5, 5.41) is 3.80. The Kier molecular flexibility index (Phi) is 4.14. The average Bonchev–Trinajstić information content (AvgIpc) is 2.34. The van der Waals surface area contributed by atoms with Gasteiger partial charge in [0.05, 0.1) is 27.1 Å². The van der Waals surface area contributed by atoms with Gasteiger partial charge in [-0.05, 0) is 46.6 Å². The molecule has 0 amide bonds. The molecule has 0 unspecified atom stereocenters. The molecule has 18 heavy (non-hydrogen) atoms. The van der Waals surface area contributed by atoms with Crippen LogP contribution in [0.15, 0.2) is 33.3 Å². The second kappa shape index (κ2) is 5.47. The third-order valence-electron chi connectivity index (χ3n) is 2.48. The van der Waals surface area contributed by atoms with E-state index in [0.29, 0.717) is 16.5 Å². The molecule has 0 spiro atoms. The third kappa shape index (κ3) is 2.79. The molecule has 3 N–H and O–H groups in total. The molecule has 0 bridgehead atoms. The second-order valence-electron chi connectivity index (χ2n) is 3.75. The highest BCUT2D eigenvalue weighted by Gasteiger charge is 2.09. The molecule has 0 fully saturated rings. The van der Waals surface area contributed by atoms with E-state index in [1.165, 1.54) is 0 Å². The Balaban J connectivity index is 2.40. The average molecular weight is 391 g/mol. The van der Waals surface area contributed by atoms with Crippen molar-refractivity contribution in [3.05, 3.63) is 43.9 Å². The summed E-state index contributed by atoms with van der Waals surface area (Å²) < 4.78 is 1.77. The first-order valence-electron chi connectivity index (χ1n) is 5.11. The van der Waals surface area contributed by atoms with E-state index in [-0.39, 0.29) is 0 Å². The van der Waals surface area contributed by atoms with E-state index in [4.69, 9.17) is 17.3 Å². The number of nitrogens with one attached hydrogen (secondary N) is 1. The molecule has 0 saturated carbocycles. The van der Waals surface area contributed by atoms with Gasteiger partial charge in [0.25, 0.3) is 0 Å². The Labute approximate surface area is 127 Å². The van der Waals surface area contributed by atoms with E-state index in [2.05, 4.69) is 42.2 Å². The first-order chi connectivity index (χ1) is 8.49. The van der Waals surface area contributed by atoms with Crippen LogP contribution in [0.4, 0.5) is 17.2 Å². The number of nitrogens with zero attached hydrogens (tertiary/aromatic N) is 1. The molecule has 0 aliphatic rings. The van der Waals surface area contributed by atoms with Gasteiger partial charge in [0.1, 0.15) is 5.82 Å². The Hall–Kier alpha value is -0.780. The molecule has 6 heteroatoms. The number of halogens is 3. The zero-order valence-electron chi connectivity index (χ0n) is 9.47. The van der Waals surface area contributed by atoms with Crippen molar-refractivity contribution in [2.75, 3.05) is 11.1 Å². The number of rotatable bonds is 2. The van der Waals surface area contributed by atoms with Crippen LogP contribution in [0, 0.1) is 6.92 Å². The van der Waals surface area contributed by atoms with Crippen molar-refractivity contribution >= 4 is 60.7 Å². The fourth-order valence-corrected chi connectivity index (χ4v) is 2.36. The fraction of sp³-hybridized carbons (Fsp3) is 0.0833. The first kappa shape index (κ1) is 13.6. The summed E-state index contributed by atoms with van der Waals surface area (Å²) in [5.74, 6) is 0.682. The second-order valence-corrected chi connectivity index (χ2v) is 5.87. The molecule has 2 aromatic rings. The van der Waals surface area contributed by atoms with Crippen LogP contribution >= 0.6 is 43.5 Å². The molecule has 3 nitrogen and oxygen atoms in total. The summed E-state index contributed by atoms with van der Waals surface area (Å²) in [5.41, 5.74) is 8.15. The van der Waals surface area contributed by atoms with Gasteiger partial charge in [0, 0.05) is 4.47 Å². The summed E-state index contributed by atoms with van der Waals surface area (Å²) in [6, 6.07) is 5.58. The lowest BCUT2D eigenvalue weighted by Crippen LogP contribution is -2.00. The minimum absolute atomic E-state index is 0.626. The summed E-state index contributed by atoms with van der Waals surface area (Å²) in [4.78, 5) is 4.25. The lowest BCUT2D eigenvalue weighted by Gasteiger charge is -2.12. The van der Waals surface area contributed by atoms with Crippen LogP contribution in [0.2, 0.25) is 5.02 Å². The molecular formula is C12H10Br2ClN3. The third-order valence-corrected chi connectivity index (χ3v) is 4.28. The van der Waals surface area contributed by atoms with Gasteiger partial charge in [-0.15, -0.1) is 0 Å². The van der Waals surface area contributed by atoms with Crippen molar-refractivity contribution in [1.82, 2.24) is 4.98 Å². The highest BCUT2D eigenvalue weighted by atomic mass is 79.9. The standard InChI is InChI=1S/C12H10Br2ClN3/c1-6-9(16)5-17-12(11(6)14)18-10-4-7(13)2-3-8(10)15/h2-5H,16H2,1H3,(H,17,18). The van der Waals surface area contributed by atoms with Crippen molar-refractivity contribution in [1.29, 1.82) is 0 Å². The fourth-order valence-electron chi connectivity index (χ4n) is 1.40. The molecule has 1 aromatic carbocycles. The van der Waals surface area contributed by atoms with Crippen LogP contribution in [0.25, 0.3) is 0 Å². The van der Waals surface area contributed by atoms with Gasteiger partial charge >= 0.3 is 0 Å². The zero-order chi connectivity index (χ0) is 13.3. The lowest BCUT2D eigenvalue weighted by atomic mass is 10.2. The van der Waals surface area contributed by atoms with E-state index < -0.39 is 0 Å². The quantitative estimate of drug-likeness (QED) is 0.766. The van der Waals surface area contributed by atoms with Crippen molar-refractivity contribution in [3.8, 4) is 0 Å². The number of hydrogen-bond acceptors (Lipinski definition) is 3. The molecular weight excluding hydrogens is 381 g/mol. The Morgan fingerprint density at radius 1 is 1.33 bits per heavy atom. The van der Waals surface area contributed by atoms with Crippen LogP contribution in [0.5, 0.6) is 0 Å². The van der Waals surface area contributed by atoms with E-state index in [0.717, 1.165) is 20.2 Å². The van der Waals surface area contributed by atoms with Crippen LogP contribution in [0.3, 0.4) is 0 Å². The topological polar surface area (TPSA) is 50.9 Å². The van der Waals surface area contributed by atoms with Gasteiger partial charge in [0.2, 0.25) is 0 Å². The molecule has 1 aromatic heterocycles. The molecule has 2 rings (SSSR count). The van der Waals surface area contributed by atoms with Gasteiger partial charge in [-0.3, -0.25) is 0 Å². The SMILES string of the molecule is Cc1c(N)cnc(Nc2cc(Br)ccc2Cl)c1Br. The van der Waals surface area contributed by atoms with Crippen molar-refractivity contribution in [2.24, 2.45) is 0 Å². The molecule has 94 valence electrons. The number of benzene rings is 1. The number of nitrogens with two attached hydrogens (primary N) is 1. The van der Waals surface area contributed by atoms with Gasteiger partial charge in [-0.25, -0.2) is 4.98 Å². The van der Waals surface area contributed by atoms with Crippen LogP contribution in [0.1, 0.15) is 5.56 Å². The molecule has 0 saturated heterocycles. The first-order valence-corrected chi connectivity index (χ1v) is 7.08. The van der Waals surface area contributed by atoms with Gasteiger partial charge < -0.3 is 11.1 Å². The molecule has 1 heterocycles. The predicted molar refractivity (Wildman–Crippen MR) is 83.5 cm³/mol. The number of aromatic nitrogens is 1. The Bertz CT molecular complexity index is 602. The summed E-state index contributed by atoms with van der Waals surface area (Å²) in [6.07, 6.45) is 1.62. The van der Waals surface area contributed by atoms with Crippen molar-refractivity contribution in [3.63, 3.8) is 0 Å². The number of pyridine rings is 1. The van der Waals surface area contributed by atoms with E-state index in [1.807, 2.05) is 25.1 Å². The number of hydrogen-bond donors (Lipinski definition) is 2. The van der Waals surface area contributed by atoms with Crippen LogP contribution in [-0.2, 0) is 0 Å².